The zero-order chi connectivity index (χ0) is 19.2. The van der Waals surface area contributed by atoms with Crippen molar-refractivity contribution in [3.63, 3.8) is 0 Å². The molecule has 142 valence electrons. The summed E-state index contributed by atoms with van der Waals surface area (Å²) in [7, 11) is 1.63. The number of hydrogen-bond acceptors (Lipinski definition) is 4. The van der Waals surface area contributed by atoms with Gasteiger partial charge in [-0.15, -0.1) is 0 Å². The summed E-state index contributed by atoms with van der Waals surface area (Å²) in [6.45, 7) is 2.09. The Labute approximate surface area is 158 Å². The van der Waals surface area contributed by atoms with Gasteiger partial charge in [-0.3, -0.25) is 0 Å². The molecule has 1 atom stereocenters. The summed E-state index contributed by atoms with van der Waals surface area (Å²) in [6, 6.07) is 14.1. The van der Waals surface area contributed by atoms with E-state index in [0.717, 1.165) is 24.2 Å². The summed E-state index contributed by atoms with van der Waals surface area (Å²) in [5.74, 6) is 0.872. The van der Waals surface area contributed by atoms with Gasteiger partial charge >= 0.3 is 12.0 Å². The molecule has 0 aromatic heterocycles. The van der Waals surface area contributed by atoms with Crippen LogP contribution < -0.4 is 15.4 Å². The molecule has 6 nitrogen and oxygen atoms in total. The highest BCUT2D eigenvalue weighted by Crippen LogP contribution is 2.41. The Morgan fingerprint density at radius 1 is 1.07 bits per heavy atom. The van der Waals surface area contributed by atoms with Gasteiger partial charge in [0.2, 0.25) is 0 Å². The van der Waals surface area contributed by atoms with E-state index in [0.29, 0.717) is 23.8 Å². The molecule has 27 heavy (non-hydrogen) atoms. The Bertz CT molecular complexity index is 783. The highest BCUT2D eigenvalue weighted by atomic mass is 16.5. The molecule has 3 rings (SSSR count). The monoisotopic (exact) mass is 368 g/mol. The van der Waals surface area contributed by atoms with Gasteiger partial charge < -0.3 is 20.1 Å². The molecule has 2 aromatic carbocycles. The van der Waals surface area contributed by atoms with Crippen LogP contribution in [0.1, 0.15) is 41.7 Å². The predicted molar refractivity (Wildman–Crippen MR) is 103 cm³/mol. The molecule has 1 fully saturated rings. The second-order valence-electron chi connectivity index (χ2n) is 6.48. The molecular formula is C21H24N2O4. The largest absolute Gasteiger partial charge is 0.497 e. The third-order valence-corrected chi connectivity index (χ3v) is 4.51. The summed E-state index contributed by atoms with van der Waals surface area (Å²) < 4.78 is 10.1. The van der Waals surface area contributed by atoms with Crippen molar-refractivity contribution in [3.8, 4) is 5.75 Å². The number of carbonyl (C=O) groups is 2. The van der Waals surface area contributed by atoms with Crippen LogP contribution in [0.5, 0.6) is 5.75 Å². The van der Waals surface area contributed by atoms with Gasteiger partial charge in [0, 0.05) is 5.69 Å². The topological polar surface area (TPSA) is 76.7 Å². The van der Waals surface area contributed by atoms with Crippen LogP contribution in [0.4, 0.5) is 10.5 Å². The van der Waals surface area contributed by atoms with Crippen LogP contribution in [-0.4, -0.2) is 25.7 Å². The predicted octanol–water partition coefficient (Wildman–Crippen LogP) is 4.14. The highest BCUT2D eigenvalue weighted by molar-refractivity contribution is 5.92. The van der Waals surface area contributed by atoms with Crippen molar-refractivity contribution in [2.24, 2.45) is 5.92 Å². The molecule has 1 saturated carbocycles. The molecule has 0 heterocycles. The van der Waals surface area contributed by atoms with Crippen LogP contribution in [-0.2, 0) is 4.74 Å². The van der Waals surface area contributed by atoms with Crippen molar-refractivity contribution in [2.75, 3.05) is 19.0 Å². The number of benzene rings is 2. The van der Waals surface area contributed by atoms with E-state index in [2.05, 4.69) is 10.6 Å². The Hall–Kier alpha value is -3.02. The lowest BCUT2D eigenvalue weighted by Gasteiger charge is -2.19. The number of amides is 2. The molecule has 1 aliphatic rings. The van der Waals surface area contributed by atoms with E-state index in [1.165, 1.54) is 0 Å². The third-order valence-electron chi connectivity index (χ3n) is 4.51. The van der Waals surface area contributed by atoms with E-state index in [-0.39, 0.29) is 18.0 Å². The fourth-order valence-corrected chi connectivity index (χ4v) is 2.93. The number of rotatable bonds is 7. The Kier molecular flexibility index (Phi) is 5.96. The summed E-state index contributed by atoms with van der Waals surface area (Å²) in [5.41, 5.74) is 2.13. The number of esters is 1. The molecule has 0 aliphatic heterocycles. The molecule has 6 heteroatoms. The van der Waals surface area contributed by atoms with E-state index >= 15 is 0 Å². The SMILES string of the molecule is CCOC(=O)c1ccc(NC(=O)NC(c2ccc(OC)cc2)C2CC2)cc1. The van der Waals surface area contributed by atoms with E-state index in [1.807, 2.05) is 24.3 Å². The molecule has 0 saturated heterocycles. The van der Waals surface area contributed by atoms with Gasteiger partial charge in [0.05, 0.1) is 25.3 Å². The average molecular weight is 368 g/mol. The Balaban J connectivity index is 1.62. The van der Waals surface area contributed by atoms with Crippen molar-refractivity contribution in [1.82, 2.24) is 5.32 Å². The third kappa shape index (κ3) is 5.00. The van der Waals surface area contributed by atoms with Gasteiger partial charge in [0.25, 0.3) is 0 Å². The molecule has 2 N–H and O–H groups in total. The summed E-state index contributed by atoms with van der Waals surface area (Å²) in [6.07, 6.45) is 2.20. The molecule has 2 amide bonds. The summed E-state index contributed by atoms with van der Waals surface area (Å²) in [5, 5.41) is 5.88. The van der Waals surface area contributed by atoms with E-state index in [4.69, 9.17) is 9.47 Å². The van der Waals surface area contributed by atoms with Gasteiger partial charge in [-0.2, -0.15) is 0 Å². The van der Waals surface area contributed by atoms with Crippen molar-refractivity contribution in [2.45, 2.75) is 25.8 Å². The molecule has 1 aliphatic carbocycles. The molecule has 0 bridgehead atoms. The number of methoxy groups -OCH3 is 1. The number of carbonyl (C=O) groups excluding carboxylic acids is 2. The number of ether oxygens (including phenoxy) is 2. The number of urea groups is 1. The quantitative estimate of drug-likeness (QED) is 0.720. The number of hydrogen-bond donors (Lipinski definition) is 2. The first-order chi connectivity index (χ1) is 13.1. The van der Waals surface area contributed by atoms with Crippen LogP contribution in [0.25, 0.3) is 0 Å². The molecule has 1 unspecified atom stereocenters. The first-order valence-electron chi connectivity index (χ1n) is 9.09. The lowest BCUT2D eigenvalue weighted by atomic mass is 10.0. The normalized spacial score (nSPS) is 14.1. The fraction of sp³-hybridized carbons (Fsp3) is 0.333. The Morgan fingerprint density at radius 3 is 2.30 bits per heavy atom. The summed E-state index contributed by atoms with van der Waals surface area (Å²) >= 11 is 0. The lowest BCUT2D eigenvalue weighted by Crippen LogP contribution is -2.33. The zero-order valence-electron chi connectivity index (χ0n) is 15.5. The van der Waals surface area contributed by atoms with Crippen LogP contribution in [0.3, 0.4) is 0 Å². The maximum Gasteiger partial charge on any atom is 0.338 e. The second kappa shape index (κ2) is 8.58. The zero-order valence-corrected chi connectivity index (χ0v) is 15.5. The van der Waals surface area contributed by atoms with Gasteiger partial charge in [-0.1, -0.05) is 12.1 Å². The standard InChI is InChI=1S/C21H24N2O4/c1-3-27-20(24)16-6-10-17(11-7-16)22-21(25)23-19(14-4-5-14)15-8-12-18(26-2)13-9-15/h6-14,19H,3-5H2,1-2H3,(H2,22,23,25). The first kappa shape index (κ1) is 18.8. The van der Waals surface area contributed by atoms with Crippen molar-refractivity contribution in [1.29, 1.82) is 0 Å². The van der Waals surface area contributed by atoms with Gasteiger partial charge in [0.15, 0.2) is 0 Å². The van der Waals surface area contributed by atoms with Crippen molar-refractivity contribution < 1.29 is 19.1 Å². The maximum absolute atomic E-state index is 12.4. The summed E-state index contributed by atoms with van der Waals surface area (Å²) in [4.78, 5) is 24.1. The molecule has 2 aromatic rings. The van der Waals surface area contributed by atoms with Crippen LogP contribution in [0, 0.1) is 5.92 Å². The van der Waals surface area contributed by atoms with Gasteiger partial charge in [-0.25, -0.2) is 9.59 Å². The first-order valence-corrected chi connectivity index (χ1v) is 9.09. The highest BCUT2D eigenvalue weighted by Gasteiger charge is 2.33. The smallest absolute Gasteiger partial charge is 0.338 e. The van der Waals surface area contributed by atoms with E-state index in [1.54, 1.807) is 38.3 Å². The van der Waals surface area contributed by atoms with E-state index in [9.17, 15) is 9.59 Å². The number of anilines is 1. The van der Waals surface area contributed by atoms with Crippen molar-refractivity contribution in [3.05, 3.63) is 59.7 Å². The average Bonchev–Trinajstić information content (AvgIpc) is 3.52. The van der Waals surface area contributed by atoms with Crippen LogP contribution >= 0.6 is 0 Å². The minimum absolute atomic E-state index is 0.0327. The lowest BCUT2D eigenvalue weighted by molar-refractivity contribution is 0.0526. The second-order valence-corrected chi connectivity index (χ2v) is 6.48. The maximum atomic E-state index is 12.4. The van der Waals surface area contributed by atoms with Crippen LogP contribution in [0.15, 0.2) is 48.5 Å². The van der Waals surface area contributed by atoms with Crippen molar-refractivity contribution >= 4 is 17.7 Å². The van der Waals surface area contributed by atoms with E-state index < -0.39 is 0 Å². The fourth-order valence-electron chi connectivity index (χ4n) is 2.93. The van der Waals surface area contributed by atoms with Gasteiger partial charge in [0.1, 0.15) is 5.75 Å². The minimum Gasteiger partial charge on any atom is -0.497 e. The van der Waals surface area contributed by atoms with Gasteiger partial charge in [-0.05, 0) is 67.6 Å². The molecular weight excluding hydrogens is 344 g/mol. The van der Waals surface area contributed by atoms with Crippen LogP contribution in [0.2, 0.25) is 0 Å². The Morgan fingerprint density at radius 2 is 1.74 bits per heavy atom. The minimum atomic E-state index is -0.373. The molecule has 0 spiro atoms. The molecule has 0 radical (unpaired) electrons. The number of nitrogens with one attached hydrogen (secondary N) is 2.